The third-order valence-corrected chi connectivity index (χ3v) is 4.99. The average Bonchev–Trinajstić information content (AvgIpc) is 3.35. The first-order valence-corrected chi connectivity index (χ1v) is 9.79. The third-order valence-electron chi connectivity index (χ3n) is 4.03. The zero-order chi connectivity index (χ0) is 19.1. The van der Waals surface area contributed by atoms with Gasteiger partial charge in [-0.3, -0.25) is 0 Å². The van der Waals surface area contributed by atoms with Gasteiger partial charge in [-0.1, -0.05) is 36.7 Å². The maximum absolute atomic E-state index is 5.40. The van der Waals surface area contributed by atoms with Crippen LogP contribution in [0.3, 0.4) is 0 Å². The third kappa shape index (κ3) is 4.79. The van der Waals surface area contributed by atoms with Gasteiger partial charge in [-0.2, -0.15) is 4.98 Å². The van der Waals surface area contributed by atoms with Gasteiger partial charge in [-0.15, -0.1) is 10.2 Å². The van der Waals surface area contributed by atoms with E-state index in [0.29, 0.717) is 29.0 Å². The summed E-state index contributed by atoms with van der Waals surface area (Å²) in [6.07, 6.45) is 5.26. The van der Waals surface area contributed by atoms with E-state index in [1.165, 1.54) is 24.6 Å². The summed E-state index contributed by atoms with van der Waals surface area (Å²) in [4.78, 5) is 4.47. The lowest BCUT2D eigenvalue weighted by atomic mass is 10.2. The molecule has 0 aliphatic rings. The largest absolute Gasteiger partial charge is 0.497 e. The van der Waals surface area contributed by atoms with Crippen LogP contribution in [0.2, 0.25) is 0 Å². The van der Waals surface area contributed by atoms with Crippen LogP contribution in [0, 0.1) is 0 Å². The number of hydrogen-bond acceptors (Lipinski definition) is 8. The van der Waals surface area contributed by atoms with E-state index in [1.54, 1.807) is 26.6 Å². The van der Waals surface area contributed by atoms with Crippen LogP contribution < -0.4 is 9.47 Å². The molecule has 9 heteroatoms. The van der Waals surface area contributed by atoms with Crippen LogP contribution in [0.5, 0.6) is 11.5 Å². The Morgan fingerprint density at radius 3 is 2.85 bits per heavy atom. The summed E-state index contributed by atoms with van der Waals surface area (Å²) in [5.41, 5.74) is 0.751. The van der Waals surface area contributed by atoms with E-state index in [4.69, 9.17) is 14.0 Å². The van der Waals surface area contributed by atoms with Crippen LogP contribution in [0.1, 0.15) is 32.1 Å². The van der Waals surface area contributed by atoms with Crippen molar-refractivity contribution in [2.45, 2.75) is 43.6 Å². The summed E-state index contributed by atoms with van der Waals surface area (Å²) in [7, 11) is 3.21. The molecule has 8 nitrogen and oxygen atoms in total. The number of aryl methyl sites for hydroxylation is 1. The normalized spacial score (nSPS) is 10.9. The molecule has 3 rings (SSSR count). The van der Waals surface area contributed by atoms with Crippen LogP contribution in [0.25, 0.3) is 11.4 Å². The summed E-state index contributed by atoms with van der Waals surface area (Å²) in [6, 6.07) is 5.48. The summed E-state index contributed by atoms with van der Waals surface area (Å²) in [5, 5.41) is 13.1. The van der Waals surface area contributed by atoms with Crippen molar-refractivity contribution in [2.24, 2.45) is 0 Å². The molecule has 3 aromatic rings. The maximum atomic E-state index is 5.40. The number of thioether (sulfide) groups is 1. The number of methoxy groups -OCH3 is 2. The number of unbranched alkanes of at least 4 members (excludes halogenated alkanes) is 2. The predicted molar refractivity (Wildman–Crippen MR) is 102 cm³/mol. The molecule has 1 aromatic carbocycles. The summed E-state index contributed by atoms with van der Waals surface area (Å²) in [6.45, 7) is 3.11. The summed E-state index contributed by atoms with van der Waals surface area (Å²) in [5.74, 6) is 2.87. The lowest BCUT2D eigenvalue weighted by Crippen LogP contribution is -1.98. The average molecular weight is 389 g/mol. The Morgan fingerprint density at radius 1 is 1.19 bits per heavy atom. The SMILES string of the molecule is CCCCCn1cnnc1SCc1nc(-c2ccc(OC)cc2OC)no1. The van der Waals surface area contributed by atoms with Gasteiger partial charge < -0.3 is 18.6 Å². The van der Waals surface area contributed by atoms with Gasteiger partial charge in [-0.25, -0.2) is 0 Å². The molecule has 0 spiro atoms. The number of benzene rings is 1. The van der Waals surface area contributed by atoms with Gasteiger partial charge in [0.1, 0.15) is 17.8 Å². The van der Waals surface area contributed by atoms with E-state index in [-0.39, 0.29) is 0 Å². The highest BCUT2D eigenvalue weighted by atomic mass is 32.2. The standard InChI is InChI=1S/C18H23N5O3S/c1-4-5-6-9-23-12-19-21-18(23)27-11-16-20-17(22-26-16)14-8-7-13(24-2)10-15(14)25-3/h7-8,10,12H,4-6,9,11H2,1-3H3. The van der Waals surface area contributed by atoms with Crippen molar-refractivity contribution in [3.8, 4) is 22.9 Å². The quantitative estimate of drug-likeness (QED) is 0.382. The Bertz CT molecular complexity index is 864. The Hall–Kier alpha value is -2.55. The van der Waals surface area contributed by atoms with Gasteiger partial charge >= 0.3 is 0 Å². The van der Waals surface area contributed by atoms with E-state index in [0.717, 1.165) is 23.7 Å². The smallest absolute Gasteiger partial charge is 0.237 e. The van der Waals surface area contributed by atoms with Crippen LogP contribution in [-0.2, 0) is 12.3 Å². The molecule has 0 aliphatic heterocycles. The first-order chi connectivity index (χ1) is 13.2. The topological polar surface area (TPSA) is 88.1 Å². The second kappa shape index (κ2) is 9.40. The highest BCUT2D eigenvalue weighted by Gasteiger charge is 2.15. The molecule has 0 fully saturated rings. The summed E-state index contributed by atoms with van der Waals surface area (Å²) < 4.78 is 18.1. The van der Waals surface area contributed by atoms with Gasteiger partial charge in [0.15, 0.2) is 5.16 Å². The number of rotatable bonds is 10. The van der Waals surface area contributed by atoms with E-state index >= 15 is 0 Å². The molecule has 144 valence electrons. The van der Waals surface area contributed by atoms with Crippen LogP contribution in [-0.4, -0.2) is 39.1 Å². The lowest BCUT2D eigenvalue weighted by Gasteiger charge is -2.07. The molecule has 0 atom stereocenters. The van der Waals surface area contributed by atoms with Crippen molar-refractivity contribution in [3.63, 3.8) is 0 Å². The first-order valence-electron chi connectivity index (χ1n) is 8.80. The fourth-order valence-corrected chi connectivity index (χ4v) is 3.35. The predicted octanol–water partition coefficient (Wildman–Crippen LogP) is 3.83. The van der Waals surface area contributed by atoms with Crippen molar-refractivity contribution >= 4 is 11.8 Å². The van der Waals surface area contributed by atoms with Crippen LogP contribution in [0.4, 0.5) is 0 Å². The summed E-state index contributed by atoms with van der Waals surface area (Å²) >= 11 is 1.53. The monoisotopic (exact) mass is 389 g/mol. The first kappa shape index (κ1) is 19.2. The van der Waals surface area contributed by atoms with E-state index < -0.39 is 0 Å². The van der Waals surface area contributed by atoms with Crippen LogP contribution in [0.15, 0.2) is 34.2 Å². The Balaban J connectivity index is 1.66. The van der Waals surface area contributed by atoms with Crippen molar-refractivity contribution in [1.29, 1.82) is 0 Å². The van der Waals surface area contributed by atoms with Gasteiger partial charge in [0.25, 0.3) is 0 Å². The number of nitrogens with zero attached hydrogens (tertiary/aromatic N) is 5. The molecule has 0 aliphatic carbocycles. The molecule has 0 saturated carbocycles. The fraction of sp³-hybridized carbons (Fsp3) is 0.444. The highest BCUT2D eigenvalue weighted by Crippen LogP contribution is 2.32. The van der Waals surface area contributed by atoms with E-state index in [9.17, 15) is 0 Å². The number of hydrogen-bond donors (Lipinski definition) is 0. The molecule has 2 heterocycles. The molecule has 0 unspecified atom stereocenters. The minimum absolute atomic E-state index is 0.481. The number of aromatic nitrogens is 5. The maximum Gasteiger partial charge on any atom is 0.237 e. The zero-order valence-corrected chi connectivity index (χ0v) is 16.5. The van der Waals surface area contributed by atoms with Gasteiger partial charge in [-0.05, 0) is 18.6 Å². The molecule has 0 N–H and O–H groups in total. The molecule has 27 heavy (non-hydrogen) atoms. The molecular weight excluding hydrogens is 366 g/mol. The second-order valence-electron chi connectivity index (χ2n) is 5.88. The zero-order valence-electron chi connectivity index (χ0n) is 15.7. The molecule has 0 radical (unpaired) electrons. The van der Waals surface area contributed by atoms with Gasteiger partial charge in [0.2, 0.25) is 11.7 Å². The van der Waals surface area contributed by atoms with Gasteiger partial charge in [0.05, 0.1) is 25.5 Å². The molecule has 0 bridgehead atoms. The second-order valence-corrected chi connectivity index (χ2v) is 6.82. The lowest BCUT2D eigenvalue weighted by molar-refractivity contribution is 0.388. The van der Waals surface area contributed by atoms with E-state index in [2.05, 4.69) is 31.8 Å². The number of ether oxygens (including phenoxy) is 2. The Kier molecular flexibility index (Phi) is 6.69. The highest BCUT2D eigenvalue weighted by molar-refractivity contribution is 7.98. The minimum Gasteiger partial charge on any atom is -0.497 e. The van der Waals surface area contributed by atoms with E-state index in [1.807, 2.05) is 12.1 Å². The Labute approximate surface area is 162 Å². The van der Waals surface area contributed by atoms with Crippen molar-refractivity contribution < 1.29 is 14.0 Å². The van der Waals surface area contributed by atoms with Crippen molar-refractivity contribution in [1.82, 2.24) is 24.9 Å². The molecule has 0 amide bonds. The minimum atomic E-state index is 0.481. The van der Waals surface area contributed by atoms with Crippen molar-refractivity contribution in [3.05, 3.63) is 30.4 Å². The van der Waals surface area contributed by atoms with Crippen molar-refractivity contribution in [2.75, 3.05) is 14.2 Å². The molecule has 0 saturated heterocycles. The Morgan fingerprint density at radius 2 is 2.07 bits per heavy atom. The van der Waals surface area contributed by atoms with Gasteiger partial charge in [0, 0.05) is 12.6 Å². The molecule has 2 aromatic heterocycles. The van der Waals surface area contributed by atoms with Crippen LogP contribution >= 0.6 is 11.8 Å². The fourth-order valence-electron chi connectivity index (χ4n) is 2.57. The molecular formula is C18H23N5O3S.